The van der Waals surface area contributed by atoms with Gasteiger partial charge in [-0.3, -0.25) is 9.59 Å². The van der Waals surface area contributed by atoms with E-state index in [9.17, 15) is 27.9 Å². The fraction of sp³-hybridized carbons (Fsp3) is 0.310. The van der Waals surface area contributed by atoms with Gasteiger partial charge in [-0.05, 0) is 79.8 Å². The van der Waals surface area contributed by atoms with E-state index in [4.69, 9.17) is 4.74 Å². The number of carboxylic acids is 1. The van der Waals surface area contributed by atoms with Crippen LogP contribution in [-0.2, 0) is 22.9 Å². The zero-order valence-corrected chi connectivity index (χ0v) is 23.3. The van der Waals surface area contributed by atoms with Crippen molar-refractivity contribution in [2.75, 3.05) is 13.2 Å². The summed E-state index contributed by atoms with van der Waals surface area (Å²) in [5.74, 6) is -1.71. The number of hydrogen-bond acceptors (Lipinski definition) is 7. The van der Waals surface area contributed by atoms with E-state index < -0.39 is 21.9 Å². The number of sulfonamides is 1. The van der Waals surface area contributed by atoms with Gasteiger partial charge in [0.1, 0.15) is 5.75 Å². The Morgan fingerprint density at radius 3 is 2.35 bits per heavy atom. The highest BCUT2D eigenvalue weighted by molar-refractivity contribution is 7.90. The lowest BCUT2D eigenvalue weighted by Gasteiger charge is -2.11. The van der Waals surface area contributed by atoms with Crippen LogP contribution >= 0.6 is 0 Å². The molecule has 0 unspecified atom stereocenters. The Kier molecular flexibility index (Phi) is 10.8. The van der Waals surface area contributed by atoms with Crippen LogP contribution in [0.5, 0.6) is 5.75 Å². The minimum Gasteiger partial charge on any atom is -0.494 e. The van der Waals surface area contributed by atoms with Crippen molar-refractivity contribution in [3.05, 3.63) is 88.7 Å². The van der Waals surface area contributed by atoms with Crippen LogP contribution in [0.4, 0.5) is 0 Å². The lowest BCUT2D eigenvalue weighted by Crippen LogP contribution is -2.31. The fourth-order valence-electron chi connectivity index (χ4n) is 3.98. The Bertz CT molecular complexity index is 1450. The monoisotopic (exact) mass is 567 g/mol. The molecule has 0 saturated heterocycles. The second-order valence-corrected chi connectivity index (χ2v) is 10.7. The van der Waals surface area contributed by atoms with Crippen LogP contribution in [0, 0.1) is 0 Å². The number of hydrogen-bond donors (Lipinski definition) is 3. The van der Waals surface area contributed by atoms with Crippen LogP contribution in [-0.4, -0.2) is 49.4 Å². The number of nitrogens with zero attached hydrogens (tertiary/aromatic N) is 1. The lowest BCUT2D eigenvalue weighted by molar-refractivity contribution is 0.0688. The maximum atomic E-state index is 13.0. The number of amides is 2. The molecule has 0 spiro atoms. The number of aryl methyl sites for hydroxylation is 1. The maximum absolute atomic E-state index is 13.0. The average molecular weight is 568 g/mol. The third kappa shape index (κ3) is 8.37. The average Bonchev–Trinajstić information content (AvgIpc) is 2.93. The number of aromatic nitrogens is 1. The summed E-state index contributed by atoms with van der Waals surface area (Å²) in [5.41, 5.74) is 1.29. The zero-order chi connectivity index (χ0) is 29.1. The van der Waals surface area contributed by atoms with Crippen molar-refractivity contribution in [3.8, 4) is 5.75 Å². The van der Waals surface area contributed by atoms with Gasteiger partial charge in [0.25, 0.3) is 21.8 Å². The van der Waals surface area contributed by atoms with Gasteiger partial charge in [0.15, 0.2) is 5.69 Å². The molecule has 3 rings (SSSR count). The number of benzene rings is 2. The van der Waals surface area contributed by atoms with Crippen molar-refractivity contribution < 1.29 is 32.6 Å². The van der Waals surface area contributed by atoms with Gasteiger partial charge >= 0.3 is 5.97 Å². The van der Waals surface area contributed by atoms with E-state index >= 15 is 0 Å². The van der Waals surface area contributed by atoms with Gasteiger partial charge in [0.05, 0.1) is 17.1 Å². The smallest absolute Gasteiger partial charge is 0.354 e. The van der Waals surface area contributed by atoms with E-state index in [0.717, 1.165) is 25.5 Å². The summed E-state index contributed by atoms with van der Waals surface area (Å²) < 4.78 is 33.3. The molecular formula is C29H33N3O7S. The second kappa shape index (κ2) is 14.2. The predicted octanol–water partition coefficient (Wildman–Crippen LogP) is 4.00. The standard InChI is InChI=1S/C29H33N3O7S/c1-3-5-6-9-22-18-23(19-31-26(22)29(35)36)28(34)32-40(37,38)25-10-7-8-20(17-25)15-16-30-27(33)21-11-13-24(14-12-21)39-4-2/h7-8,10-14,17-19H,3-6,9,15-16H2,1-2H3,(H,30,33)(H,32,34)(H,35,36). The van der Waals surface area contributed by atoms with Crippen molar-refractivity contribution in [1.29, 1.82) is 0 Å². The first-order valence-electron chi connectivity index (χ1n) is 13.0. The molecule has 2 aromatic carbocycles. The summed E-state index contributed by atoms with van der Waals surface area (Å²) in [6.45, 7) is 4.68. The van der Waals surface area contributed by atoms with Gasteiger partial charge in [-0.25, -0.2) is 22.9 Å². The number of rotatable bonds is 14. The molecule has 212 valence electrons. The number of aromatic carboxylic acids is 1. The van der Waals surface area contributed by atoms with Crippen LogP contribution < -0.4 is 14.8 Å². The molecule has 3 N–H and O–H groups in total. The lowest BCUT2D eigenvalue weighted by atomic mass is 10.0. The molecule has 2 amide bonds. The molecule has 1 heterocycles. The Morgan fingerprint density at radius 1 is 0.925 bits per heavy atom. The zero-order valence-electron chi connectivity index (χ0n) is 22.5. The summed E-state index contributed by atoms with van der Waals surface area (Å²) in [5, 5.41) is 12.2. The highest BCUT2D eigenvalue weighted by Gasteiger charge is 2.21. The minimum atomic E-state index is -4.23. The largest absolute Gasteiger partial charge is 0.494 e. The van der Waals surface area contributed by atoms with Crippen LogP contribution in [0.25, 0.3) is 0 Å². The summed E-state index contributed by atoms with van der Waals surface area (Å²) >= 11 is 0. The SMILES string of the molecule is CCCCCc1cc(C(=O)NS(=O)(=O)c2cccc(CCNC(=O)c3ccc(OCC)cc3)c2)cnc1C(=O)O. The topological polar surface area (TPSA) is 152 Å². The number of carbonyl (C=O) groups excluding carboxylic acids is 2. The van der Waals surface area contributed by atoms with E-state index in [0.29, 0.717) is 41.9 Å². The van der Waals surface area contributed by atoms with Gasteiger partial charge in [-0.1, -0.05) is 31.9 Å². The van der Waals surface area contributed by atoms with Crippen molar-refractivity contribution in [2.45, 2.75) is 50.8 Å². The minimum absolute atomic E-state index is 0.0479. The van der Waals surface area contributed by atoms with Crippen molar-refractivity contribution >= 4 is 27.8 Å². The summed E-state index contributed by atoms with van der Waals surface area (Å²) in [7, 11) is -4.23. The number of pyridine rings is 1. The molecule has 0 aliphatic carbocycles. The first kappa shape index (κ1) is 30.3. The van der Waals surface area contributed by atoms with Crippen LogP contribution in [0.2, 0.25) is 0 Å². The van der Waals surface area contributed by atoms with Gasteiger partial charge in [0, 0.05) is 18.3 Å². The molecule has 1 aromatic heterocycles. The first-order chi connectivity index (χ1) is 19.1. The van der Waals surface area contributed by atoms with Crippen LogP contribution in [0.15, 0.2) is 65.7 Å². The predicted molar refractivity (Wildman–Crippen MR) is 149 cm³/mol. The Labute approximate surface area is 233 Å². The molecule has 0 saturated carbocycles. The highest BCUT2D eigenvalue weighted by atomic mass is 32.2. The van der Waals surface area contributed by atoms with Crippen molar-refractivity contribution in [3.63, 3.8) is 0 Å². The summed E-state index contributed by atoms with van der Waals surface area (Å²) in [6.07, 6.45) is 4.36. The fourth-order valence-corrected chi connectivity index (χ4v) is 5.03. The van der Waals surface area contributed by atoms with E-state index in [2.05, 4.69) is 10.3 Å². The normalized spacial score (nSPS) is 11.1. The molecule has 0 radical (unpaired) electrons. The first-order valence-corrected chi connectivity index (χ1v) is 14.5. The van der Waals surface area contributed by atoms with Gasteiger partial charge in [-0.15, -0.1) is 0 Å². The van der Waals surface area contributed by atoms with E-state index in [1.54, 1.807) is 36.4 Å². The molecule has 40 heavy (non-hydrogen) atoms. The number of carboxylic acid groups (broad SMARTS) is 1. The van der Waals surface area contributed by atoms with Gasteiger partial charge < -0.3 is 15.2 Å². The third-order valence-corrected chi connectivity index (χ3v) is 7.37. The van der Waals surface area contributed by atoms with E-state index in [1.807, 2.05) is 18.6 Å². The summed E-state index contributed by atoms with van der Waals surface area (Å²) in [4.78, 5) is 40.5. The number of nitrogens with one attached hydrogen (secondary N) is 2. The quantitative estimate of drug-likeness (QED) is 0.247. The summed E-state index contributed by atoms with van der Waals surface area (Å²) in [6, 6.07) is 14.2. The molecule has 11 heteroatoms. The second-order valence-electron chi connectivity index (χ2n) is 9.04. The Hall–Kier alpha value is -4.25. The Morgan fingerprint density at radius 2 is 1.68 bits per heavy atom. The molecule has 0 atom stereocenters. The third-order valence-electron chi connectivity index (χ3n) is 6.04. The molecule has 3 aromatic rings. The molecule has 0 aliphatic rings. The van der Waals surface area contributed by atoms with Crippen molar-refractivity contribution in [1.82, 2.24) is 15.0 Å². The van der Waals surface area contributed by atoms with Gasteiger partial charge in [-0.2, -0.15) is 0 Å². The van der Waals surface area contributed by atoms with Crippen molar-refractivity contribution in [2.24, 2.45) is 0 Å². The molecule has 10 nitrogen and oxygen atoms in total. The molecular weight excluding hydrogens is 534 g/mol. The van der Waals surface area contributed by atoms with Crippen LogP contribution in [0.3, 0.4) is 0 Å². The Balaban J connectivity index is 1.64. The van der Waals surface area contributed by atoms with E-state index in [1.165, 1.54) is 18.2 Å². The molecule has 0 aliphatic heterocycles. The maximum Gasteiger partial charge on any atom is 0.354 e. The van der Waals surface area contributed by atoms with Gasteiger partial charge in [0.2, 0.25) is 0 Å². The number of carbonyl (C=O) groups is 3. The van der Waals surface area contributed by atoms with Crippen LogP contribution in [0.1, 0.15) is 75.4 Å². The highest BCUT2D eigenvalue weighted by Crippen LogP contribution is 2.16. The number of ether oxygens (including phenoxy) is 1. The molecule has 0 bridgehead atoms. The van der Waals surface area contributed by atoms with E-state index in [-0.39, 0.29) is 28.6 Å². The number of unbranched alkanes of at least 4 members (excludes halogenated alkanes) is 2. The molecule has 0 fully saturated rings.